The first-order chi connectivity index (χ1) is 12.1. The Hall–Kier alpha value is -1.79. The van der Waals surface area contributed by atoms with Crippen LogP contribution < -0.4 is 9.47 Å². The number of halogens is 1. The van der Waals surface area contributed by atoms with Crippen LogP contribution in [0.5, 0.6) is 11.5 Å². The molecular formula is C19H30ClNO5. The van der Waals surface area contributed by atoms with E-state index in [9.17, 15) is 9.90 Å². The maximum atomic E-state index is 10.5. The highest BCUT2D eigenvalue weighted by Gasteiger charge is 2.07. The lowest BCUT2D eigenvalue weighted by atomic mass is 10.1. The number of hydrogen-bond donors (Lipinski definition) is 2. The first kappa shape index (κ1) is 24.2. The van der Waals surface area contributed by atoms with Crippen LogP contribution >= 0.6 is 12.4 Å². The molecule has 26 heavy (non-hydrogen) atoms. The third-order valence-electron chi connectivity index (χ3n) is 3.71. The highest BCUT2D eigenvalue weighted by atomic mass is 35.5. The third-order valence-corrected chi connectivity index (χ3v) is 3.71. The van der Waals surface area contributed by atoms with E-state index in [1.165, 1.54) is 0 Å². The first-order valence-electron chi connectivity index (χ1n) is 8.81. The summed E-state index contributed by atoms with van der Waals surface area (Å²) in [6.07, 6.45) is 10.0. The molecule has 0 spiro atoms. The second kappa shape index (κ2) is 14.4. The highest BCUT2D eigenvalue weighted by molar-refractivity contribution is 5.85. The number of ether oxygens (including phenoxy) is 2. The van der Waals surface area contributed by atoms with Crippen LogP contribution in [0.15, 0.2) is 18.3 Å². The van der Waals surface area contributed by atoms with Gasteiger partial charge in [0.25, 0.3) is 0 Å². The van der Waals surface area contributed by atoms with Gasteiger partial charge in [-0.15, -0.1) is 12.4 Å². The fourth-order valence-corrected chi connectivity index (χ4v) is 2.27. The van der Waals surface area contributed by atoms with Crippen molar-refractivity contribution in [2.75, 3.05) is 13.7 Å². The van der Waals surface area contributed by atoms with E-state index in [1.807, 2.05) is 0 Å². The molecule has 1 unspecified atom stereocenters. The molecule has 0 bridgehead atoms. The number of aromatic nitrogens is 1. The van der Waals surface area contributed by atoms with Crippen molar-refractivity contribution in [3.8, 4) is 11.5 Å². The van der Waals surface area contributed by atoms with Crippen LogP contribution in [0.3, 0.4) is 0 Å². The van der Waals surface area contributed by atoms with E-state index in [4.69, 9.17) is 14.6 Å². The fourth-order valence-electron chi connectivity index (χ4n) is 2.27. The quantitative estimate of drug-likeness (QED) is 0.495. The van der Waals surface area contributed by atoms with Crippen LogP contribution in [0.2, 0.25) is 0 Å². The Morgan fingerprint density at radius 2 is 2.04 bits per heavy atom. The Balaban J connectivity index is 0.00000625. The molecule has 0 aliphatic carbocycles. The summed E-state index contributed by atoms with van der Waals surface area (Å²) in [5, 5.41) is 18.5. The van der Waals surface area contributed by atoms with Crippen molar-refractivity contribution in [2.24, 2.45) is 0 Å². The van der Waals surface area contributed by atoms with Gasteiger partial charge in [0.2, 0.25) is 0 Å². The van der Waals surface area contributed by atoms with E-state index in [-0.39, 0.29) is 18.8 Å². The summed E-state index contributed by atoms with van der Waals surface area (Å²) in [6, 6.07) is 1.75. The number of methoxy groups -OCH3 is 1. The summed E-state index contributed by atoms with van der Waals surface area (Å²) in [5.74, 6) is 0.291. The molecule has 1 aromatic rings. The largest absolute Gasteiger partial charge is 0.493 e. The van der Waals surface area contributed by atoms with E-state index < -0.39 is 12.1 Å². The van der Waals surface area contributed by atoms with Gasteiger partial charge in [-0.25, -0.2) is 0 Å². The second-order valence-electron chi connectivity index (χ2n) is 5.88. The number of aliphatic hydroxyl groups excluding tert-OH is 1. The van der Waals surface area contributed by atoms with Crippen LogP contribution in [-0.4, -0.2) is 41.0 Å². The molecule has 148 valence electrons. The number of carboxylic acids is 1. The van der Waals surface area contributed by atoms with E-state index in [0.29, 0.717) is 36.6 Å². The smallest absolute Gasteiger partial charge is 0.303 e. The number of hydrogen-bond acceptors (Lipinski definition) is 5. The minimum absolute atomic E-state index is 0. The van der Waals surface area contributed by atoms with Gasteiger partial charge < -0.3 is 19.7 Å². The summed E-state index contributed by atoms with van der Waals surface area (Å²) in [4.78, 5) is 14.7. The lowest BCUT2D eigenvalue weighted by Crippen LogP contribution is -2.03. The predicted molar refractivity (Wildman–Crippen MR) is 104 cm³/mol. The summed E-state index contributed by atoms with van der Waals surface area (Å²) in [5.41, 5.74) is 0.685. The van der Waals surface area contributed by atoms with Gasteiger partial charge in [0.1, 0.15) is 0 Å². The van der Waals surface area contributed by atoms with Crippen molar-refractivity contribution in [3.05, 3.63) is 24.0 Å². The van der Waals surface area contributed by atoms with Crippen molar-refractivity contribution in [2.45, 2.75) is 58.0 Å². The van der Waals surface area contributed by atoms with Crippen molar-refractivity contribution in [1.82, 2.24) is 4.98 Å². The molecule has 2 N–H and O–H groups in total. The molecule has 0 saturated heterocycles. The lowest BCUT2D eigenvalue weighted by molar-refractivity contribution is -0.137. The molecule has 6 nitrogen and oxygen atoms in total. The Bertz CT molecular complexity index is 551. The number of aliphatic hydroxyl groups is 1. The van der Waals surface area contributed by atoms with Gasteiger partial charge >= 0.3 is 5.97 Å². The van der Waals surface area contributed by atoms with Crippen LogP contribution in [0.1, 0.15) is 57.6 Å². The molecule has 1 aromatic heterocycles. The first-order valence-corrected chi connectivity index (χ1v) is 8.81. The molecule has 0 amide bonds. The average Bonchev–Trinajstić information content (AvgIpc) is 2.60. The monoisotopic (exact) mass is 387 g/mol. The van der Waals surface area contributed by atoms with Crippen molar-refractivity contribution in [3.63, 3.8) is 0 Å². The summed E-state index contributed by atoms with van der Waals surface area (Å²) < 4.78 is 10.9. The third kappa shape index (κ3) is 10.3. The number of carboxylic acid groups (broad SMARTS) is 1. The normalized spacial score (nSPS) is 11.8. The minimum atomic E-state index is -0.799. The summed E-state index contributed by atoms with van der Waals surface area (Å²) >= 11 is 0. The maximum Gasteiger partial charge on any atom is 0.303 e. The molecule has 0 fully saturated rings. The van der Waals surface area contributed by atoms with Crippen molar-refractivity contribution < 1.29 is 24.5 Å². The molecule has 1 heterocycles. The van der Waals surface area contributed by atoms with Gasteiger partial charge in [-0.3, -0.25) is 9.78 Å². The number of nitrogens with zero attached hydrogens (tertiary/aromatic N) is 1. The van der Waals surface area contributed by atoms with E-state index in [2.05, 4.69) is 11.9 Å². The van der Waals surface area contributed by atoms with Crippen LogP contribution in [0.25, 0.3) is 6.08 Å². The Morgan fingerprint density at radius 3 is 2.69 bits per heavy atom. The zero-order valence-electron chi connectivity index (χ0n) is 15.5. The maximum absolute atomic E-state index is 10.5. The Morgan fingerprint density at radius 1 is 1.27 bits per heavy atom. The number of rotatable bonds is 13. The number of carbonyl (C=O) groups is 1. The molecule has 1 rings (SSSR count). The average molecular weight is 388 g/mol. The van der Waals surface area contributed by atoms with Crippen molar-refractivity contribution in [1.29, 1.82) is 0 Å². The topological polar surface area (TPSA) is 88.9 Å². The Kier molecular flexibility index (Phi) is 13.4. The zero-order valence-corrected chi connectivity index (χ0v) is 16.3. The lowest BCUT2D eigenvalue weighted by Gasteiger charge is -2.10. The number of pyridine rings is 1. The molecule has 0 radical (unpaired) electrons. The van der Waals surface area contributed by atoms with E-state index in [1.54, 1.807) is 31.5 Å². The van der Waals surface area contributed by atoms with E-state index in [0.717, 1.165) is 25.7 Å². The molecule has 0 saturated carbocycles. The van der Waals surface area contributed by atoms with Gasteiger partial charge in [0.05, 0.1) is 31.7 Å². The number of aliphatic carboxylic acids is 1. The molecule has 0 aliphatic rings. The van der Waals surface area contributed by atoms with Gasteiger partial charge in [-0.1, -0.05) is 32.3 Å². The van der Waals surface area contributed by atoms with Crippen molar-refractivity contribution >= 4 is 24.5 Å². The summed E-state index contributed by atoms with van der Waals surface area (Å²) in [6.45, 7) is 2.55. The molecule has 0 aromatic carbocycles. The Labute approximate surface area is 161 Å². The molecule has 7 heteroatoms. The molecular weight excluding hydrogens is 358 g/mol. The van der Waals surface area contributed by atoms with Gasteiger partial charge in [0.15, 0.2) is 11.5 Å². The molecule has 1 atom stereocenters. The molecule has 0 aliphatic heterocycles. The fraction of sp³-hybridized carbons (Fsp3) is 0.579. The van der Waals surface area contributed by atoms with Crippen LogP contribution in [0.4, 0.5) is 0 Å². The second-order valence-corrected chi connectivity index (χ2v) is 5.88. The summed E-state index contributed by atoms with van der Waals surface area (Å²) in [7, 11) is 1.56. The van der Waals surface area contributed by atoms with E-state index >= 15 is 0 Å². The minimum Gasteiger partial charge on any atom is -0.493 e. The van der Waals surface area contributed by atoms with Crippen LogP contribution in [-0.2, 0) is 4.79 Å². The zero-order chi connectivity index (χ0) is 18.5. The van der Waals surface area contributed by atoms with Crippen LogP contribution in [0, 0.1) is 0 Å². The number of unbranched alkanes of at least 4 members (excludes halogenated alkanes) is 3. The van der Waals surface area contributed by atoms with Gasteiger partial charge in [-0.2, -0.15) is 0 Å². The van der Waals surface area contributed by atoms with Gasteiger partial charge in [-0.05, 0) is 25.3 Å². The SMILES string of the molecule is CCCCCC(O)/C=C/c1cc(OC)c(OCCCCC(=O)O)cn1.Cl. The highest BCUT2D eigenvalue weighted by Crippen LogP contribution is 2.27. The standard InChI is InChI=1S/C19H29NO5.ClH/c1-3-4-5-8-16(21)11-10-15-13-17(24-2)18(14-20-15)25-12-7-6-9-19(22)23;/h10-11,13-14,16,21H,3-9,12H2,1-2H3,(H,22,23);1H/b11-10+;. The van der Waals surface area contributed by atoms with Gasteiger partial charge in [0, 0.05) is 12.5 Å². The predicted octanol–water partition coefficient (Wildman–Crippen LogP) is 4.10.